The number of benzene rings is 1. The third kappa shape index (κ3) is 2.34. The molecule has 1 aromatic rings. The van der Waals surface area contributed by atoms with E-state index < -0.39 is 0 Å². The summed E-state index contributed by atoms with van der Waals surface area (Å²) in [7, 11) is 3.24. The van der Waals surface area contributed by atoms with Gasteiger partial charge in [0.05, 0.1) is 39.2 Å². The van der Waals surface area contributed by atoms with Crippen LogP contribution in [-0.2, 0) is 4.74 Å². The fraction of sp³-hybridized carbons (Fsp3) is 0.462. The van der Waals surface area contributed by atoms with E-state index in [0.29, 0.717) is 19.8 Å². The number of nitrogens with zero attached hydrogens (tertiary/aromatic N) is 2. The highest BCUT2D eigenvalue weighted by Gasteiger charge is 2.25. The number of morpholine rings is 1. The molecule has 0 bridgehead atoms. The first-order valence-electron chi connectivity index (χ1n) is 5.76. The molecule has 0 aromatic heterocycles. The van der Waals surface area contributed by atoms with Crippen molar-refractivity contribution in [2.45, 2.75) is 6.04 Å². The van der Waals surface area contributed by atoms with Crippen LogP contribution in [0.2, 0.25) is 0 Å². The minimum Gasteiger partial charge on any atom is -0.497 e. The number of rotatable bonds is 3. The molecule has 5 nitrogen and oxygen atoms in total. The lowest BCUT2D eigenvalue weighted by molar-refractivity contribution is 0.107. The number of ether oxygens (including phenoxy) is 3. The van der Waals surface area contributed by atoms with Gasteiger partial charge >= 0.3 is 0 Å². The van der Waals surface area contributed by atoms with E-state index in [2.05, 4.69) is 6.07 Å². The molecule has 0 amide bonds. The number of methoxy groups -OCH3 is 2. The van der Waals surface area contributed by atoms with E-state index in [1.54, 1.807) is 14.2 Å². The highest BCUT2D eigenvalue weighted by Crippen LogP contribution is 2.34. The minimum atomic E-state index is -0.292. The zero-order valence-corrected chi connectivity index (χ0v) is 10.5. The fourth-order valence-electron chi connectivity index (χ4n) is 2.02. The standard InChI is InChI=1S/C13H16N2O3/c1-16-11-3-4-13(17-2)12(7-11)15-5-6-18-9-10(15)8-14/h3-4,7,10H,5-6,9H2,1-2H3. The zero-order chi connectivity index (χ0) is 13.0. The first kappa shape index (κ1) is 12.5. The van der Waals surface area contributed by atoms with Crippen LogP contribution in [-0.4, -0.2) is 40.0 Å². The Morgan fingerprint density at radius 3 is 2.89 bits per heavy atom. The maximum atomic E-state index is 9.17. The van der Waals surface area contributed by atoms with Gasteiger partial charge in [-0.15, -0.1) is 0 Å². The van der Waals surface area contributed by atoms with Crippen LogP contribution in [0.5, 0.6) is 11.5 Å². The molecule has 96 valence electrons. The van der Waals surface area contributed by atoms with Gasteiger partial charge in [0.15, 0.2) is 0 Å². The Labute approximate surface area is 106 Å². The van der Waals surface area contributed by atoms with Crippen molar-refractivity contribution < 1.29 is 14.2 Å². The van der Waals surface area contributed by atoms with E-state index >= 15 is 0 Å². The molecule has 0 radical (unpaired) electrons. The lowest BCUT2D eigenvalue weighted by atomic mass is 10.2. The topological polar surface area (TPSA) is 54.7 Å². The van der Waals surface area contributed by atoms with Crippen molar-refractivity contribution >= 4 is 5.69 Å². The zero-order valence-electron chi connectivity index (χ0n) is 10.5. The average Bonchev–Trinajstić information content (AvgIpc) is 2.46. The Balaban J connectivity index is 2.37. The second kappa shape index (κ2) is 5.61. The predicted molar refractivity (Wildman–Crippen MR) is 67.1 cm³/mol. The summed E-state index contributed by atoms with van der Waals surface area (Å²) in [5.41, 5.74) is 0.867. The van der Waals surface area contributed by atoms with Gasteiger partial charge in [0, 0.05) is 12.6 Å². The molecule has 1 aromatic carbocycles. The highest BCUT2D eigenvalue weighted by atomic mass is 16.5. The van der Waals surface area contributed by atoms with Crippen molar-refractivity contribution in [2.75, 3.05) is 38.9 Å². The van der Waals surface area contributed by atoms with Crippen LogP contribution in [0.25, 0.3) is 0 Å². The highest BCUT2D eigenvalue weighted by molar-refractivity contribution is 5.63. The van der Waals surface area contributed by atoms with Crippen LogP contribution in [0.1, 0.15) is 0 Å². The molecule has 5 heteroatoms. The smallest absolute Gasteiger partial charge is 0.142 e. The summed E-state index contributed by atoms with van der Waals surface area (Å²) < 4.78 is 15.9. The van der Waals surface area contributed by atoms with Gasteiger partial charge in [-0.05, 0) is 12.1 Å². The molecule has 1 aliphatic rings. The summed E-state index contributed by atoms with van der Waals surface area (Å²) in [6.45, 7) is 1.69. The third-order valence-corrected chi connectivity index (χ3v) is 2.97. The maximum absolute atomic E-state index is 9.17. The lowest BCUT2D eigenvalue weighted by Gasteiger charge is -2.34. The van der Waals surface area contributed by atoms with Crippen LogP contribution >= 0.6 is 0 Å². The Bertz CT molecular complexity index is 456. The van der Waals surface area contributed by atoms with Crippen molar-refractivity contribution in [2.24, 2.45) is 0 Å². The molecule has 1 aliphatic heterocycles. The first-order chi connectivity index (χ1) is 8.80. The Morgan fingerprint density at radius 1 is 1.39 bits per heavy atom. The molecular weight excluding hydrogens is 232 g/mol. The molecule has 18 heavy (non-hydrogen) atoms. The van der Waals surface area contributed by atoms with E-state index in [-0.39, 0.29) is 6.04 Å². The van der Waals surface area contributed by atoms with Gasteiger partial charge < -0.3 is 19.1 Å². The second-order valence-corrected chi connectivity index (χ2v) is 3.95. The second-order valence-electron chi connectivity index (χ2n) is 3.95. The number of hydrogen-bond donors (Lipinski definition) is 0. The maximum Gasteiger partial charge on any atom is 0.142 e. The predicted octanol–water partition coefficient (Wildman–Crippen LogP) is 1.43. The van der Waals surface area contributed by atoms with Crippen LogP contribution in [0, 0.1) is 11.3 Å². The van der Waals surface area contributed by atoms with E-state index in [4.69, 9.17) is 19.5 Å². The summed E-state index contributed by atoms with van der Waals surface area (Å²) in [6.07, 6.45) is 0. The van der Waals surface area contributed by atoms with Crippen LogP contribution < -0.4 is 14.4 Å². The summed E-state index contributed by atoms with van der Waals surface area (Å²) in [4.78, 5) is 1.99. The van der Waals surface area contributed by atoms with Crippen LogP contribution in [0.4, 0.5) is 5.69 Å². The SMILES string of the molecule is COc1ccc(OC)c(N2CCOCC2C#N)c1. The van der Waals surface area contributed by atoms with Crippen molar-refractivity contribution in [3.8, 4) is 17.6 Å². The average molecular weight is 248 g/mol. The van der Waals surface area contributed by atoms with E-state index in [1.807, 2.05) is 23.1 Å². The molecule has 1 atom stereocenters. The Kier molecular flexibility index (Phi) is 3.90. The minimum absolute atomic E-state index is 0.292. The van der Waals surface area contributed by atoms with Crippen molar-refractivity contribution in [1.82, 2.24) is 0 Å². The first-order valence-corrected chi connectivity index (χ1v) is 5.76. The van der Waals surface area contributed by atoms with Crippen molar-refractivity contribution in [1.29, 1.82) is 5.26 Å². The fourth-order valence-corrected chi connectivity index (χ4v) is 2.02. The van der Waals surface area contributed by atoms with Gasteiger partial charge in [-0.1, -0.05) is 0 Å². The van der Waals surface area contributed by atoms with Crippen molar-refractivity contribution in [3.05, 3.63) is 18.2 Å². The summed E-state index contributed by atoms with van der Waals surface area (Å²) >= 11 is 0. The van der Waals surface area contributed by atoms with E-state index in [0.717, 1.165) is 17.2 Å². The number of nitriles is 1. The molecule has 0 saturated carbocycles. The van der Waals surface area contributed by atoms with Crippen LogP contribution in [0.15, 0.2) is 18.2 Å². The van der Waals surface area contributed by atoms with Gasteiger partial charge in [0.1, 0.15) is 17.5 Å². The van der Waals surface area contributed by atoms with Gasteiger partial charge in [0.2, 0.25) is 0 Å². The molecule has 1 unspecified atom stereocenters. The molecule has 1 saturated heterocycles. The summed E-state index contributed by atoms with van der Waals surface area (Å²) in [5, 5.41) is 9.17. The van der Waals surface area contributed by atoms with Gasteiger partial charge in [-0.3, -0.25) is 0 Å². The molecular formula is C13H16N2O3. The Morgan fingerprint density at radius 2 is 2.22 bits per heavy atom. The molecule has 1 heterocycles. The van der Waals surface area contributed by atoms with Crippen molar-refractivity contribution in [3.63, 3.8) is 0 Å². The number of hydrogen-bond acceptors (Lipinski definition) is 5. The van der Waals surface area contributed by atoms with Gasteiger partial charge in [0.25, 0.3) is 0 Å². The van der Waals surface area contributed by atoms with E-state index in [9.17, 15) is 0 Å². The molecule has 2 rings (SSSR count). The molecule has 1 fully saturated rings. The molecule has 0 spiro atoms. The molecule has 0 aliphatic carbocycles. The number of anilines is 1. The van der Waals surface area contributed by atoms with Gasteiger partial charge in [-0.2, -0.15) is 5.26 Å². The Hall–Kier alpha value is -1.93. The third-order valence-electron chi connectivity index (χ3n) is 2.97. The lowest BCUT2D eigenvalue weighted by Crippen LogP contribution is -2.44. The summed E-state index contributed by atoms with van der Waals surface area (Å²) in [5.74, 6) is 1.48. The molecule has 0 N–H and O–H groups in total. The quantitative estimate of drug-likeness (QED) is 0.810. The summed E-state index contributed by atoms with van der Waals surface area (Å²) in [6, 6.07) is 7.52. The van der Waals surface area contributed by atoms with E-state index in [1.165, 1.54) is 0 Å². The van der Waals surface area contributed by atoms with Crippen LogP contribution in [0.3, 0.4) is 0 Å². The normalized spacial score (nSPS) is 19.2. The largest absolute Gasteiger partial charge is 0.497 e. The van der Waals surface area contributed by atoms with Gasteiger partial charge in [-0.25, -0.2) is 0 Å². The monoisotopic (exact) mass is 248 g/mol.